The normalized spacial score (nSPS) is 13.9. The molecule has 2 nitrogen and oxygen atoms in total. The van der Waals surface area contributed by atoms with Crippen LogP contribution in [-0.2, 0) is 6.18 Å². The third-order valence-corrected chi connectivity index (χ3v) is 3.48. The van der Waals surface area contributed by atoms with Crippen LogP contribution in [0.1, 0.15) is 49.0 Å². The molecule has 17 heavy (non-hydrogen) atoms. The van der Waals surface area contributed by atoms with E-state index in [2.05, 4.69) is 10.3 Å². The molecule has 0 saturated carbocycles. The molecule has 1 N–H and O–H groups in total. The van der Waals surface area contributed by atoms with E-state index >= 15 is 0 Å². The molecule has 1 rings (SSSR count). The van der Waals surface area contributed by atoms with Crippen molar-refractivity contribution in [3.8, 4) is 0 Å². The second-order valence-electron chi connectivity index (χ2n) is 3.86. The third kappa shape index (κ3) is 4.27. The number of thiazole rings is 1. The van der Waals surface area contributed by atoms with Gasteiger partial charge >= 0.3 is 6.18 Å². The van der Waals surface area contributed by atoms with Crippen molar-refractivity contribution in [3.63, 3.8) is 0 Å². The van der Waals surface area contributed by atoms with Crippen molar-refractivity contribution >= 4 is 11.3 Å². The lowest BCUT2D eigenvalue weighted by molar-refractivity contribution is -0.137. The van der Waals surface area contributed by atoms with E-state index in [9.17, 15) is 13.2 Å². The van der Waals surface area contributed by atoms with E-state index < -0.39 is 11.2 Å². The van der Waals surface area contributed by atoms with Gasteiger partial charge in [-0.05, 0) is 19.4 Å². The highest BCUT2D eigenvalue weighted by Gasteiger charge is 2.35. The minimum atomic E-state index is -4.33. The minimum absolute atomic E-state index is 0.00597. The van der Waals surface area contributed by atoms with Gasteiger partial charge in [0.1, 0.15) is 0 Å². The molecule has 1 aromatic heterocycles. The van der Waals surface area contributed by atoms with Crippen LogP contribution in [0.3, 0.4) is 0 Å². The Kier molecular flexibility index (Phi) is 5.39. The lowest BCUT2D eigenvalue weighted by Gasteiger charge is -2.15. The first-order valence-electron chi connectivity index (χ1n) is 5.75. The number of halogens is 3. The van der Waals surface area contributed by atoms with E-state index in [1.807, 2.05) is 13.8 Å². The summed E-state index contributed by atoms with van der Waals surface area (Å²) in [6.45, 7) is 4.86. The number of alkyl halides is 3. The number of aromatic nitrogens is 1. The molecule has 0 amide bonds. The number of hydrogen-bond donors (Lipinski definition) is 1. The molecule has 0 spiro atoms. The maximum atomic E-state index is 12.4. The smallest absolute Gasteiger partial charge is 0.309 e. The van der Waals surface area contributed by atoms with Gasteiger partial charge in [0.15, 0.2) is 5.01 Å². The fourth-order valence-corrected chi connectivity index (χ4v) is 2.42. The van der Waals surface area contributed by atoms with Crippen LogP contribution in [0.4, 0.5) is 13.2 Å². The van der Waals surface area contributed by atoms with E-state index in [1.54, 1.807) is 0 Å². The summed E-state index contributed by atoms with van der Waals surface area (Å²) in [6, 6.07) is -0.00597. The maximum absolute atomic E-state index is 12.4. The Bertz CT molecular complexity index is 336. The molecular weight excluding hydrogens is 249 g/mol. The summed E-state index contributed by atoms with van der Waals surface area (Å²) in [5.74, 6) is 0. The van der Waals surface area contributed by atoms with Crippen molar-refractivity contribution in [2.24, 2.45) is 0 Å². The standard InChI is InChI=1S/C11H17F3N2S/c1-3-5-8(15-6-4-2)9-7-16-10(17-9)11(12,13)14/h7-8,15H,3-6H2,1-2H3. The summed E-state index contributed by atoms with van der Waals surface area (Å²) in [4.78, 5) is 4.13. The van der Waals surface area contributed by atoms with E-state index in [0.717, 1.165) is 37.1 Å². The molecule has 0 bridgehead atoms. The van der Waals surface area contributed by atoms with Gasteiger partial charge in [-0.2, -0.15) is 13.2 Å². The zero-order valence-electron chi connectivity index (χ0n) is 9.97. The molecule has 0 aromatic carbocycles. The van der Waals surface area contributed by atoms with Crippen LogP contribution < -0.4 is 5.32 Å². The molecule has 98 valence electrons. The second-order valence-corrected chi connectivity index (χ2v) is 4.92. The summed E-state index contributed by atoms with van der Waals surface area (Å²) in [5.41, 5.74) is 0. The first-order chi connectivity index (χ1) is 7.99. The van der Waals surface area contributed by atoms with Crippen molar-refractivity contribution in [1.29, 1.82) is 0 Å². The van der Waals surface area contributed by atoms with Gasteiger partial charge in [0.25, 0.3) is 0 Å². The largest absolute Gasteiger partial charge is 0.443 e. The van der Waals surface area contributed by atoms with Crippen molar-refractivity contribution < 1.29 is 13.2 Å². The summed E-state index contributed by atoms with van der Waals surface area (Å²) in [6.07, 6.45) is -0.258. The Morgan fingerprint density at radius 2 is 2.06 bits per heavy atom. The molecule has 0 aliphatic rings. The van der Waals surface area contributed by atoms with E-state index in [-0.39, 0.29) is 6.04 Å². The molecule has 1 aromatic rings. The van der Waals surface area contributed by atoms with E-state index in [4.69, 9.17) is 0 Å². The Labute approximate surface area is 103 Å². The zero-order chi connectivity index (χ0) is 12.9. The average molecular weight is 266 g/mol. The number of rotatable bonds is 6. The lowest BCUT2D eigenvalue weighted by atomic mass is 10.1. The van der Waals surface area contributed by atoms with Crippen LogP contribution in [0.2, 0.25) is 0 Å². The molecule has 0 radical (unpaired) electrons. The molecular formula is C11H17F3N2S. The van der Waals surface area contributed by atoms with Crippen LogP contribution in [0.5, 0.6) is 0 Å². The number of nitrogens with zero attached hydrogens (tertiary/aromatic N) is 1. The quantitative estimate of drug-likeness (QED) is 0.841. The fraction of sp³-hybridized carbons (Fsp3) is 0.727. The number of nitrogens with one attached hydrogen (secondary N) is 1. The van der Waals surface area contributed by atoms with Crippen molar-refractivity contribution in [1.82, 2.24) is 10.3 Å². The van der Waals surface area contributed by atoms with Crippen LogP contribution in [-0.4, -0.2) is 11.5 Å². The van der Waals surface area contributed by atoms with Gasteiger partial charge in [-0.3, -0.25) is 0 Å². The first kappa shape index (κ1) is 14.4. The van der Waals surface area contributed by atoms with Gasteiger partial charge in [-0.1, -0.05) is 20.3 Å². The third-order valence-electron chi connectivity index (χ3n) is 2.33. The van der Waals surface area contributed by atoms with Crippen molar-refractivity contribution in [2.45, 2.75) is 45.3 Å². The van der Waals surface area contributed by atoms with Gasteiger partial charge in [0.2, 0.25) is 0 Å². The van der Waals surface area contributed by atoms with Crippen LogP contribution in [0.15, 0.2) is 6.20 Å². The first-order valence-corrected chi connectivity index (χ1v) is 6.57. The Balaban J connectivity index is 2.76. The summed E-state index contributed by atoms with van der Waals surface area (Å²) >= 11 is 0.740. The molecule has 1 atom stereocenters. The molecule has 1 heterocycles. The topological polar surface area (TPSA) is 24.9 Å². The SMILES string of the molecule is CCCNC(CCC)c1cnc(C(F)(F)F)s1. The minimum Gasteiger partial charge on any atom is -0.309 e. The summed E-state index contributed by atoms with van der Waals surface area (Å²) < 4.78 is 37.3. The monoisotopic (exact) mass is 266 g/mol. The Morgan fingerprint density at radius 1 is 1.35 bits per heavy atom. The van der Waals surface area contributed by atoms with Gasteiger partial charge in [-0.15, -0.1) is 11.3 Å². The van der Waals surface area contributed by atoms with Crippen LogP contribution in [0, 0.1) is 0 Å². The lowest BCUT2D eigenvalue weighted by Crippen LogP contribution is -2.21. The highest BCUT2D eigenvalue weighted by atomic mass is 32.1. The van der Waals surface area contributed by atoms with Crippen molar-refractivity contribution in [2.75, 3.05) is 6.54 Å². The Hall–Kier alpha value is -0.620. The molecule has 6 heteroatoms. The van der Waals surface area contributed by atoms with Gasteiger partial charge in [0, 0.05) is 17.1 Å². The molecule has 0 saturated heterocycles. The fourth-order valence-electron chi connectivity index (χ4n) is 1.53. The van der Waals surface area contributed by atoms with Gasteiger partial charge < -0.3 is 5.32 Å². The Morgan fingerprint density at radius 3 is 2.53 bits per heavy atom. The molecule has 0 aliphatic heterocycles. The van der Waals surface area contributed by atoms with Crippen LogP contribution >= 0.6 is 11.3 Å². The molecule has 0 fully saturated rings. The predicted molar refractivity (Wildman–Crippen MR) is 63.1 cm³/mol. The van der Waals surface area contributed by atoms with Crippen molar-refractivity contribution in [3.05, 3.63) is 16.1 Å². The second kappa shape index (κ2) is 6.35. The summed E-state index contributed by atoms with van der Waals surface area (Å²) in [7, 11) is 0. The highest BCUT2D eigenvalue weighted by Crippen LogP contribution is 2.35. The van der Waals surface area contributed by atoms with Gasteiger partial charge in [0.05, 0.1) is 0 Å². The average Bonchev–Trinajstić information content (AvgIpc) is 2.72. The number of hydrogen-bond acceptors (Lipinski definition) is 3. The van der Waals surface area contributed by atoms with E-state index in [0.29, 0.717) is 4.88 Å². The maximum Gasteiger partial charge on any atom is 0.443 e. The van der Waals surface area contributed by atoms with Crippen LogP contribution in [0.25, 0.3) is 0 Å². The van der Waals surface area contributed by atoms with E-state index in [1.165, 1.54) is 6.20 Å². The molecule has 0 aliphatic carbocycles. The van der Waals surface area contributed by atoms with Gasteiger partial charge in [-0.25, -0.2) is 4.98 Å². The highest BCUT2D eigenvalue weighted by molar-refractivity contribution is 7.11. The predicted octanol–water partition coefficient (Wildman–Crippen LogP) is 4.00. The molecule has 1 unspecified atom stereocenters. The zero-order valence-corrected chi connectivity index (χ0v) is 10.8. The summed E-state index contributed by atoms with van der Waals surface area (Å²) in [5, 5.41) is 2.50.